The summed E-state index contributed by atoms with van der Waals surface area (Å²) in [5.74, 6) is -2.65. The van der Waals surface area contributed by atoms with E-state index < -0.39 is 17.8 Å². The zero-order chi connectivity index (χ0) is 28.3. The van der Waals surface area contributed by atoms with Crippen molar-refractivity contribution in [2.45, 2.75) is 19.8 Å². The summed E-state index contributed by atoms with van der Waals surface area (Å²) in [5.41, 5.74) is 3.38. The lowest BCUT2D eigenvalue weighted by Gasteiger charge is -2.41. The molecule has 0 saturated carbocycles. The molecule has 40 heavy (non-hydrogen) atoms. The van der Waals surface area contributed by atoms with E-state index in [4.69, 9.17) is 4.74 Å². The van der Waals surface area contributed by atoms with Gasteiger partial charge >= 0.3 is 0 Å². The number of Topliss-reactive ketones (excluding diaryl/α,β-unsaturated/α-hetero) is 1. The summed E-state index contributed by atoms with van der Waals surface area (Å²) < 4.78 is 6.07. The lowest BCUT2D eigenvalue weighted by Crippen LogP contribution is -2.40. The molecule has 0 spiro atoms. The van der Waals surface area contributed by atoms with Crippen molar-refractivity contribution in [1.82, 2.24) is 0 Å². The summed E-state index contributed by atoms with van der Waals surface area (Å²) in [6.07, 6.45) is 7.68. The molecule has 0 bridgehead atoms. The molecule has 0 aromatic heterocycles. The van der Waals surface area contributed by atoms with Gasteiger partial charge in [-0.2, -0.15) is 0 Å². The number of methoxy groups -OCH3 is 1. The molecule has 1 aliphatic heterocycles. The Labute approximate surface area is 239 Å². The molecular formula is C32H26BrNO6. The van der Waals surface area contributed by atoms with E-state index in [1.165, 1.54) is 24.2 Å². The lowest BCUT2D eigenvalue weighted by molar-refractivity contribution is -0.123. The summed E-state index contributed by atoms with van der Waals surface area (Å²) in [5, 5.41) is 9.98. The number of nitrogens with zero attached hydrogens (tertiary/aromatic N) is 1. The van der Waals surface area contributed by atoms with Crippen LogP contribution in [0, 0.1) is 23.7 Å². The number of hydrogen-bond donors (Lipinski definition) is 1. The first-order chi connectivity index (χ1) is 19.2. The maximum Gasteiger partial charge on any atom is 0.238 e. The van der Waals surface area contributed by atoms with E-state index in [2.05, 4.69) is 15.9 Å². The van der Waals surface area contributed by atoms with E-state index in [9.17, 15) is 24.3 Å². The van der Waals surface area contributed by atoms with Gasteiger partial charge < -0.3 is 9.84 Å². The molecule has 4 unspecified atom stereocenters. The predicted octanol–water partition coefficient (Wildman–Crippen LogP) is 5.34. The fourth-order valence-corrected chi connectivity index (χ4v) is 6.75. The van der Waals surface area contributed by atoms with E-state index in [0.717, 1.165) is 15.6 Å². The highest BCUT2D eigenvalue weighted by Crippen LogP contribution is 2.53. The van der Waals surface area contributed by atoms with Crippen LogP contribution in [0.4, 0.5) is 5.69 Å². The third kappa shape index (κ3) is 4.09. The summed E-state index contributed by atoms with van der Waals surface area (Å²) >= 11 is 3.40. The molecule has 2 aromatic rings. The highest BCUT2D eigenvalue weighted by molar-refractivity contribution is 9.10. The van der Waals surface area contributed by atoms with Gasteiger partial charge in [-0.25, -0.2) is 0 Å². The van der Waals surface area contributed by atoms with Crippen LogP contribution in [0.2, 0.25) is 0 Å². The van der Waals surface area contributed by atoms with Crippen molar-refractivity contribution >= 4 is 51.1 Å². The van der Waals surface area contributed by atoms with Gasteiger partial charge in [0.2, 0.25) is 11.8 Å². The second kappa shape index (κ2) is 9.86. The Balaban J connectivity index is 1.42. The first kappa shape index (κ1) is 26.2. The third-order valence-electron chi connectivity index (χ3n) is 8.38. The number of carbonyl (C=O) groups is 4. The first-order valence-corrected chi connectivity index (χ1v) is 13.9. The van der Waals surface area contributed by atoms with Gasteiger partial charge in [-0.15, -0.1) is 0 Å². The summed E-state index contributed by atoms with van der Waals surface area (Å²) in [7, 11) is 1.47. The average Bonchev–Trinajstić information content (AvgIpc) is 3.20. The quantitative estimate of drug-likeness (QED) is 0.289. The molecule has 6 rings (SSSR count). The number of ether oxygens (including phenoxy) is 1. The van der Waals surface area contributed by atoms with Crippen molar-refractivity contribution in [3.8, 4) is 11.5 Å². The van der Waals surface area contributed by atoms with Crippen LogP contribution in [0.5, 0.6) is 11.5 Å². The second-order valence-corrected chi connectivity index (χ2v) is 11.5. The number of carbonyl (C=O) groups excluding carboxylic acids is 4. The number of fused-ring (bicyclic) bond motifs is 3. The smallest absolute Gasteiger partial charge is 0.238 e. The van der Waals surface area contributed by atoms with Crippen molar-refractivity contribution in [3.63, 3.8) is 0 Å². The Hall–Kier alpha value is -4.04. The van der Waals surface area contributed by atoms with Gasteiger partial charge in [0.15, 0.2) is 23.1 Å². The van der Waals surface area contributed by atoms with Crippen molar-refractivity contribution in [2.75, 3.05) is 12.0 Å². The topological polar surface area (TPSA) is 101 Å². The Kier molecular flexibility index (Phi) is 6.45. The molecule has 1 N–H and O–H groups in total. The Morgan fingerprint density at radius 1 is 1.02 bits per heavy atom. The number of rotatable bonds is 4. The molecule has 1 fully saturated rings. The zero-order valence-corrected chi connectivity index (χ0v) is 23.5. The van der Waals surface area contributed by atoms with Crippen LogP contribution in [-0.4, -0.2) is 35.6 Å². The van der Waals surface area contributed by atoms with E-state index in [-0.39, 0.29) is 41.5 Å². The average molecular weight is 600 g/mol. The molecule has 4 atom stereocenters. The molecule has 2 aromatic carbocycles. The van der Waals surface area contributed by atoms with Crippen LogP contribution in [0.15, 0.2) is 87.5 Å². The molecular weight excluding hydrogens is 574 g/mol. The van der Waals surface area contributed by atoms with E-state index in [0.29, 0.717) is 34.6 Å². The minimum Gasteiger partial charge on any atom is -0.504 e. The monoisotopic (exact) mass is 599 g/mol. The molecule has 1 heterocycles. The van der Waals surface area contributed by atoms with Crippen LogP contribution in [0.1, 0.15) is 25.3 Å². The molecule has 8 heteroatoms. The van der Waals surface area contributed by atoms with Gasteiger partial charge in [0.25, 0.3) is 0 Å². The van der Waals surface area contributed by atoms with Crippen LogP contribution in [-0.2, 0) is 19.2 Å². The van der Waals surface area contributed by atoms with Crippen LogP contribution >= 0.6 is 15.9 Å². The maximum absolute atomic E-state index is 13.9. The normalized spacial score (nSPS) is 26.0. The molecule has 4 aliphatic rings. The number of aromatic hydroxyl groups is 1. The maximum atomic E-state index is 13.9. The summed E-state index contributed by atoms with van der Waals surface area (Å²) in [6.45, 7) is 1.64. The minimum absolute atomic E-state index is 0.0111. The van der Waals surface area contributed by atoms with E-state index in [1.54, 1.807) is 43.3 Å². The fourth-order valence-electron chi connectivity index (χ4n) is 6.49. The van der Waals surface area contributed by atoms with Gasteiger partial charge in [-0.3, -0.25) is 24.1 Å². The number of benzene rings is 2. The number of phenolic OH excluding ortho intramolecular Hbond substituents is 1. The second-order valence-electron chi connectivity index (χ2n) is 10.6. The number of amides is 2. The highest BCUT2D eigenvalue weighted by Gasteiger charge is 2.56. The number of imide groups is 1. The number of phenols is 1. The van der Waals surface area contributed by atoms with Crippen LogP contribution in [0.3, 0.4) is 0 Å². The zero-order valence-electron chi connectivity index (χ0n) is 21.9. The Bertz CT molecular complexity index is 1610. The standard InChI is InChI=1S/C32H26BrNO6/c1-16-13-26(36)24-15-23-20(21(28(24)30(16)37)9-3-17-4-12-25(35)27(14-17)40-2)10-11-22-29(23)32(39)34(31(22)38)19-7-5-18(33)6-8-19/h3-10,12-14,21-23,29,35H,11,15H2,1-2H3. The number of hydrogen-bond acceptors (Lipinski definition) is 6. The SMILES string of the molecule is COc1cc(C=CC2C3=CCC4C(=O)N(c5ccc(Br)cc5)C(=O)C4C3CC3=C2C(=O)C(C)=CC3=O)ccc1O. The van der Waals surface area contributed by atoms with Crippen molar-refractivity contribution in [2.24, 2.45) is 23.7 Å². The number of allylic oxidation sites excluding steroid dienone is 7. The molecule has 1 saturated heterocycles. The Morgan fingerprint density at radius 3 is 2.50 bits per heavy atom. The van der Waals surface area contributed by atoms with Gasteiger partial charge in [-0.05, 0) is 73.7 Å². The highest BCUT2D eigenvalue weighted by atomic mass is 79.9. The molecule has 202 valence electrons. The molecule has 7 nitrogen and oxygen atoms in total. The Morgan fingerprint density at radius 2 is 1.77 bits per heavy atom. The van der Waals surface area contributed by atoms with Crippen LogP contribution < -0.4 is 9.64 Å². The molecule has 3 aliphatic carbocycles. The van der Waals surface area contributed by atoms with E-state index >= 15 is 0 Å². The van der Waals surface area contributed by atoms with Crippen LogP contribution in [0.25, 0.3) is 6.08 Å². The number of halogens is 1. The van der Waals surface area contributed by atoms with E-state index in [1.807, 2.05) is 18.2 Å². The third-order valence-corrected chi connectivity index (χ3v) is 8.91. The van der Waals surface area contributed by atoms with Gasteiger partial charge in [0.05, 0.1) is 24.6 Å². The van der Waals surface area contributed by atoms with Crippen molar-refractivity contribution < 1.29 is 29.0 Å². The number of ketones is 2. The predicted molar refractivity (Wildman–Crippen MR) is 152 cm³/mol. The van der Waals surface area contributed by atoms with Gasteiger partial charge in [0.1, 0.15) is 0 Å². The minimum atomic E-state index is -0.621. The fraction of sp³-hybridized carbons (Fsp3) is 0.250. The molecule has 2 amide bonds. The first-order valence-electron chi connectivity index (χ1n) is 13.1. The van der Waals surface area contributed by atoms with Crippen molar-refractivity contribution in [1.29, 1.82) is 0 Å². The number of anilines is 1. The van der Waals surface area contributed by atoms with Crippen molar-refractivity contribution in [3.05, 3.63) is 93.0 Å². The largest absolute Gasteiger partial charge is 0.504 e. The lowest BCUT2D eigenvalue weighted by atomic mass is 9.60. The summed E-state index contributed by atoms with van der Waals surface area (Å²) in [4.78, 5) is 55.3. The summed E-state index contributed by atoms with van der Waals surface area (Å²) in [6, 6.07) is 12.0. The van der Waals surface area contributed by atoms with Gasteiger partial charge in [0, 0.05) is 27.1 Å². The molecule has 0 radical (unpaired) electrons. The van der Waals surface area contributed by atoms with Gasteiger partial charge in [-0.1, -0.05) is 45.8 Å².